The van der Waals surface area contributed by atoms with Gasteiger partial charge in [0.1, 0.15) is 22.5 Å². The number of methoxy groups -OCH3 is 1. The standard InChI is InChI=1S/C20H19ClO7/c1-26-20-18(25)17-15(24)9-12(27-7-3-2-6-21)10-16(17)28-19(20)11-4-5-13(22)14(23)8-11/h4-5,8-10,22-24H,2-3,6-7H2,1H3. The molecule has 7 nitrogen and oxygen atoms in total. The van der Waals surface area contributed by atoms with Crippen LogP contribution in [0.3, 0.4) is 0 Å². The molecular weight excluding hydrogens is 388 g/mol. The van der Waals surface area contributed by atoms with E-state index in [1.807, 2.05) is 0 Å². The number of unbranched alkanes of at least 4 members (excludes halogenated alkanes) is 1. The minimum absolute atomic E-state index is 0.0447. The van der Waals surface area contributed by atoms with E-state index in [-0.39, 0.29) is 39.7 Å². The predicted octanol–water partition coefficient (Wildman–Crippen LogP) is 3.98. The van der Waals surface area contributed by atoms with Crippen molar-refractivity contribution in [2.75, 3.05) is 19.6 Å². The fourth-order valence-corrected chi connectivity index (χ4v) is 2.96. The highest BCUT2D eigenvalue weighted by Gasteiger charge is 2.21. The Bertz CT molecular complexity index is 1060. The van der Waals surface area contributed by atoms with E-state index >= 15 is 0 Å². The van der Waals surface area contributed by atoms with Crippen LogP contribution in [-0.2, 0) is 0 Å². The maximum absolute atomic E-state index is 12.8. The van der Waals surface area contributed by atoms with Gasteiger partial charge in [0.25, 0.3) is 0 Å². The molecule has 8 heteroatoms. The molecule has 1 heterocycles. The van der Waals surface area contributed by atoms with Crippen LogP contribution in [0, 0.1) is 0 Å². The molecule has 0 spiro atoms. The van der Waals surface area contributed by atoms with Crippen molar-refractivity contribution < 1.29 is 29.2 Å². The van der Waals surface area contributed by atoms with Gasteiger partial charge in [-0.2, -0.15) is 0 Å². The van der Waals surface area contributed by atoms with Crippen LogP contribution in [-0.4, -0.2) is 34.9 Å². The average molecular weight is 407 g/mol. The number of aromatic hydroxyl groups is 3. The van der Waals surface area contributed by atoms with Gasteiger partial charge in [0.15, 0.2) is 17.3 Å². The number of halogens is 1. The number of benzene rings is 2. The van der Waals surface area contributed by atoms with Crippen molar-refractivity contribution in [2.45, 2.75) is 12.8 Å². The smallest absolute Gasteiger partial charge is 0.239 e. The van der Waals surface area contributed by atoms with E-state index in [4.69, 9.17) is 25.5 Å². The molecule has 0 aliphatic carbocycles. The maximum atomic E-state index is 12.8. The Labute approximate surface area is 165 Å². The first-order valence-corrected chi connectivity index (χ1v) is 9.08. The van der Waals surface area contributed by atoms with Crippen molar-refractivity contribution >= 4 is 22.6 Å². The van der Waals surface area contributed by atoms with Crippen molar-refractivity contribution in [3.8, 4) is 40.1 Å². The highest BCUT2D eigenvalue weighted by Crippen LogP contribution is 2.38. The highest BCUT2D eigenvalue weighted by molar-refractivity contribution is 6.17. The van der Waals surface area contributed by atoms with Crippen LogP contribution in [0.5, 0.6) is 28.7 Å². The second-order valence-corrected chi connectivity index (χ2v) is 6.44. The molecule has 3 N–H and O–H groups in total. The Hall–Kier alpha value is -3.06. The van der Waals surface area contributed by atoms with Gasteiger partial charge in [0.2, 0.25) is 11.2 Å². The Morgan fingerprint density at radius 3 is 2.50 bits per heavy atom. The Kier molecular flexibility index (Phi) is 5.84. The molecule has 0 radical (unpaired) electrons. The summed E-state index contributed by atoms with van der Waals surface area (Å²) in [6.07, 6.45) is 1.54. The van der Waals surface area contributed by atoms with Gasteiger partial charge in [-0.1, -0.05) is 0 Å². The molecule has 2 aromatic carbocycles. The third-order valence-electron chi connectivity index (χ3n) is 4.14. The minimum Gasteiger partial charge on any atom is -0.507 e. The van der Waals surface area contributed by atoms with E-state index < -0.39 is 5.43 Å². The van der Waals surface area contributed by atoms with E-state index in [9.17, 15) is 20.1 Å². The van der Waals surface area contributed by atoms with Gasteiger partial charge in [-0.15, -0.1) is 11.6 Å². The van der Waals surface area contributed by atoms with Gasteiger partial charge in [0.05, 0.1) is 13.7 Å². The molecule has 148 valence electrons. The molecule has 0 saturated carbocycles. The lowest BCUT2D eigenvalue weighted by atomic mass is 10.1. The summed E-state index contributed by atoms with van der Waals surface area (Å²) in [6, 6.07) is 6.82. The summed E-state index contributed by atoms with van der Waals surface area (Å²) >= 11 is 5.64. The van der Waals surface area contributed by atoms with Crippen LogP contribution >= 0.6 is 11.6 Å². The zero-order valence-corrected chi connectivity index (χ0v) is 15.8. The Balaban J connectivity index is 2.13. The maximum Gasteiger partial charge on any atom is 0.239 e. The lowest BCUT2D eigenvalue weighted by Gasteiger charge is -2.12. The number of hydrogen-bond donors (Lipinski definition) is 3. The summed E-state index contributed by atoms with van der Waals surface area (Å²) < 4.78 is 16.6. The molecule has 0 bridgehead atoms. The number of alkyl halides is 1. The normalized spacial score (nSPS) is 10.9. The fourth-order valence-electron chi connectivity index (χ4n) is 2.77. The van der Waals surface area contributed by atoms with Crippen molar-refractivity contribution in [3.63, 3.8) is 0 Å². The molecule has 0 amide bonds. The number of phenolic OH excluding ortho intramolecular Hbond substituents is 3. The van der Waals surface area contributed by atoms with Crippen LogP contribution < -0.4 is 14.9 Å². The summed E-state index contributed by atoms with van der Waals surface area (Å²) in [5.74, 6) is -0.191. The third kappa shape index (κ3) is 3.80. The highest BCUT2D eigenvalue weighted by atomic mass is 35.5. The topological polar surface area (TPSA) is 109 Å². The first-order valence-electron chi connectivity index (χ1n) is 8.55. The van der Waals surface area contributed by atoms with Crippen molar-refractivity contribution in [1.29, 1.82) is 0 Å². The van der Waals surface area contributed by atoms with Crippen molar-refractivity contribution in [1.82, 2.24) is 0 Å². The van der Waals surface area contributed by atoms with Gasteiger partial charge < -0.3 is 29.2 Å². The molecule has 0 fully saturated rings. The molecule has 1 aromatic heterocycles. The molecule has 0 saturated heterocycles. The molecule has 0 atom stereocenters. The van der Waals surface area contributed by atoms with Gasteiger partial charge >= 0.3 is 0 Å². The summed E-state index contributed by atoms with van der Waals surface area (Å²) in [5, 5.41) is 29.5. The van der Waals surface area contributed by atoms with Crippen LogP contribution in [0.1, 0.15) is 12.8 Å². The zero-order chi connectivity index (χ0) is 20.3. The number of ether oxygens (including phenoxy) is 2. The number of rotatable bonds is 7. The van der Waals surface area contributed by atoms with Crippen molar-refractivity contribution in [3.05, 3.63) is 40.6 Å². The van der Waals surface area contributed by atoms with E-state index in [1.54, 1.807) is 0 Å². The monoisotopic (exact) mass is 406 g/mol. The zero-order valence-electron chi connectivity index (χ0n) is 15.1. The second-order valence-electron chi connectivity index (χ2n) is 6.06. The first-order chi connectivity index (χ1) is 13.5. The Morgan fingerprint density at radius 2 is 1.82 bits per heavy atom. The van der Waals surface area contributed by atoms with Crippen LogP contribution in [0.2, 0.25) is 0 Å². The quantitative estimate of drug-likeness (QED) is 0.309. The largest absolute Gasteiger partial charge is 0.507 e. The summed E-state index contributed by atoms with van der Waals surface area (Å²) in [4.78, 5) is 12.8. The third-order valence-corrected chi connectivity index (χ3v) is 4.41. The van der Waals surface area contributed by atoms with E-state index in [0.29, 0.717) is 23.8 Å². The van der Waals surface area contributed by atoms with E-state index in [2.05, 4.69) is 0 Å². The number of hydrogen-bond acceptors (Lipinski definition) is 7. The van der Waals surface area contributed by atoms with E-state index in [1.165, 1.54) is 37.4 Å². The predicted molar refractivity (Wildman–Crippen MR) is 105 cm³/mol. The van der Waals surface area contributed by atoms with Gasteiger partial charge in [-0.3, -0.25) is 4.79 Å². The molecule has 0 aliphatic rings. The number of fused-ring (bicyclic) bond motifs is 1. The summed E-state index contributed by atoms with van der Waals surface area (Å²) in [5.41, 5.74) is -0.155. The lowest BCUT2D eigenvalue weighted by Crippen LogP contribution is -2.08. The fraction of sp³-hybridized carbons (Fsp3) is 0.250. The van der Waals surface area contributed by atoms with Crippen molar-refractivity contribution in [2.24, 2.45) is 0 Å². The van der Waals surface area contributed by atoms with Gasteiger partial charge in [-0.25, -0.2) is 0 Å². The molecule has 3 aromatic rings. The molecule has 3 rings (SSSR count). The Morgan fingerprint density at radius 1 is 1.04 bits per heavy atom. The van der Waals surface area contributed by atoms with Gasteiger partial charge in [-0.05, 0) is 31.0 Å². The second kappa shape index (κ2) is 8.31. The molecule has 28 heavy (non-hydrogen) atoms. The molecular formula is C20H19ClO7. The average Bonchev–Trinajstić information content (AvgIpc) is 2.67. The summed E-state index contributed by atoms with van der Waals surface area (Å²) in [7, 11) is 1.30. The lowest BCUT2D eigenvalue weighted by molar-refractivity contribution is 0.308. The van der Waals surface area contributed by atoms with Crippen LogP contribution in [0.4, 0.5) is 0 Å². The molecule has 0 unspecified atom stereocenters. The molecule has 0 aliphatic heterocycles. The van der Waals surface area contributed by atoms with Gasteiger partial charge in [0, 0.05) is 23.6 Å². The van der Waals surface area contributed by atoms with Crippen LogP contribution in [0.25, 0.3) is 22.3 Å². The summed E-state index contributed by atoms with van der Waals surface area (Å²) in [6.45, 7) is 0.400. The number of phenols is 3. The van der Waals surface area contributed by atoms with Crippen LogP contribution in [0.15, 0.2) is 39.5 Å². The SMILES string of the molecule is COc1c(-c2ccc(O)c(O)c2)oc2cc(OCCCCCl)cc(O)c2c1=O. The van der Waals surface area contributed by atoms with E-state index in [0.717, 1.165) is 12.8 Å². The first kappa shape index (κ1) is 19.7. The minimum atomic E-state index is -0.572.